The first-order valence-corrected chi connectivity index (χ1v) is 4.61. The molecule has 0 N–H and O–H groups in total. The predicted octanol–water partition coefficient (Wildman–Crippen LogP) is 3.21. The van der Waals surface area contributed by atoms with Crippen LogP contribution < -0.4 is 0 Å². The van der Waals surface area contributed by atoms with Crippen molar-refractivity contribution < 1.29 is 4.79 Å². The van der Waals surface area contributed by atoms with Gasteiger partial charge in [0.25, 0.3) is 0 Å². The molecule has 0 radical (unpaired) electrons. The van der Waals surface area contributed by atoms with Crippen molar-refractivity contribution in [1.82, 2.24) is 0 Å². The Morgan fingerprint density at radius 3 is 2.54 bits per heavy atom. The monoisotopic (exact) mass is 236 g/mol. The van der Waals surface area contributed by atoms with E-state index >= 15 is 0 Å². The van der Waals surface area contributed by atoms with Crippen molar-refractivity contribution >= 4 is 42.4 Å². The van der Waals surface area contributed by atoms with Crippen LogP contribution >= 0.6 is 36.6 Å². The van der Waals surface area contributed by atoms with Gasteiger partial charge in [0.1, 0.15) is 0 Å². The van der Waals surface area contributed by atoms with Gasteiger partial charge in [-0.3, -0.25) is 4.79 Å². The average Bonchev–Trinajstić information content (AvgIpc) is 2.06. The number of ketones is 1. The molecule has 1 nitrogen and oxygen atoms in total. The molecule has 0 atom stereocenters. The quantitative estimate of drug-likeness (QED) is 0.689. The molecule has 0 unspecified atom stereocenters. The van der Waals surface area contributed by atoms with Gasteiger partial charge in [0, 0.05) is 22.6 Å². The van der Waals surface area contributed by atoms with Crippen LogP contribution in [0.3, 0.4) is 0 Å². The average molecular weight is 237 g/mol. The van der Waals surface area contributed by atoms with E-state index in [0.29, 0.717) is 12.2 Å². The van der Waals surface area contributed by atoms with Crippen molar-refractivity contribution in [3.8, 4) is 0 Å². The van der Waals surface area contributed by atoms with Gasteiger partial charge in [-0.1, -0.05) is 18.2 Å². The third kappa shape index (κ3) is 2.63. The maximum Gasteiger partial charge on any atom is 0.164 e. The minimum absolute atomic E-state index is 0. The molecule has 2 rings (SSSR count). The second kappa shape index (κ2) is 5.53. The molecule has 1 aliphatic rings. The van der Waals surface area contributed by atoms with Crippen LogP contribution in [-0.4, -0.2) is 11.5 Å². The van der Waals surface area contributed by atoms with Gasteiger partial charge in [-0.05, 0) is 6.07 Å². The van der Waals surface area contributed by atoms with Crippen LogP contribution in [0.25, 0.3) is 0 Å². The van der Waals surface area contributed by atoms with E-state index in [2.05, 4.69) is 0 Å². The lowest BCUT2D eigenvalue weighted by Gasteiger charge is -2.12. The van der Waals surface area contributed by atoms with Crippen LogP contribution in [0.4, 0.5) is 0 Å². The summed E-state index contributed by atoms with van der Waals surface area (Å²) in [6.07, 6.45) is 0.696. The first-order valence-electron chi connectivity index (χ1n) is 3.63. The summed E-state index contributed by atoms with van der Waals surface area (Å²) in [7, 11) is 0. The van der Waals surface area contributed by atoms with Gasteiger partial charge in [0.05, 0.1) is 0 Å². The smallest absolute Gasteiger partial charge is 0.164 e. The van der Waals surface area contributed by atoms with Crippen molar-refractivity contribution in [2.24, 2.45) is 0 Å². The summed E-state index contributed by atoms with van der Waals surface area (Å²) >= 11 is 1.77. The van der Waals surface area contributed by atoms with E-state index in [4.69, 9.17) is 0 Å². The number of halogens is 2. The largest absolute Gasteiger partial charge is 0.294 e. The van der Waals surface area contributed by atoms with E-state index in [0.717, 1.165) is 16.2 Å². The lowest BCUT2D eigenvalue weighted by atomic mass is 10.1. The number of rotatable bonds is 0. The molecule has 0 fully saturated rings. The van der Waals surface area contributed by atoms with Gasteiger partial charge in [-0.15, -0.1) is 36.6 Å². The molecule has 0 aliphatic carbocycles. The van der Waals surface area contributed by atoms with Crippen molar-refractivity contribution in [3.63, 3.8) is 0 Å². The maximum atomic E-state index is 11.3. The zero-order chi connectivity index (χ0) is 7.68. The van der Waals surface area contributed by atoms with Gasteiger partial charge in [-0.25, -0.2) is 0 Å². The summed E-state index contributed by atoms with van der Waals surface area (Å²) in [5.74, 6) is 1.23. The summed E-state index contributed by atoms with van der Waals surface area (Å²) in [5, 5.41) is 0. The van der Waals surface area contributed by atoms with Gasteiger partial charge >= 0.3 is 0 Å². The van der Waals surface area contributed by atoms with Crippen molar-refractivity contribution in [2.45, 2.75) is 11.3 Å². The highest BCUT2D eigenvalue weighted by atomic mass is 35.5. The third-order valence-corrected chi connectivity index (χ3v) is 2.85. The molecule has 1 aliphatic heterocycles. The van der Waals surface area contributed by atoms with Crippen LogP contribution in [-0.2, 0) is 0 Å². The van der Waals surface area contributed by atoms with E-state index in [1.807, 2.05) is 24.3 Å². The second-order valence-corrected chi connectivity index (χ2v) is 3.65. The molecule has 0 saturated carbocycles. The lowest BCUT2D eigenvalue weighted by molar-refractivity contribution is 0.0985. The SMILES string of the molecule is Cl.Cl.O=C1CCSc2ccccc21. The molecule has 1 heterocycles. The van der Waals surface area contributed by atoms with Crippen molar-refractivity contribution in [3.05, 3.63) is 29.8 Å². The Balaban J connectivity index is 0.000000720. The Morgan fingerprint density at radius 1 is 1.15 bits per heavy atom. The summed E-state index contributed by atoms with van der Waals surface area (Å²) in [5.41, 5.74) is 0.906. The van der Waals surface area contributed by atoms with Crippen molar-refractivity contribution in [2.75, 3.05) is 5.75 Å². The Hall–Kier alpha value is -0.180. The summed E-state index contributed by atoms with van der Waals surface area (Å²) in [4.78, 5) is 12.4. The van der Waals surface area contributed by atoms with Gasteiger partial charge < -0.3 is 0 Å². The van der Waals surface area contributed by atoms with Gasteiger partial charge in [0.15, 0.2) is 5.78 Å². The molecule has 13 heavy (non-hydrogen) atoms. The zero-order valence-electron chi connectivity index (χ0n) is 6.86. The number of carbonyl (C=O) groups is 1. The number of hydrogen-bond donors (Lipinski definition) is 0. The van der Waals surface area contributed by atoms with Crippen LogP contribution in [0.15, 0.2) is 29.2 Å². The summed E-state index contributed by atoms with van der Waals surface area (Å²) in [6.45, 7) is 0. The fourth-order valence-electron chi connectivity index (χ4n) is 1.21. The van der Waals surface area contributed by atoms with Crippen LogP contribution in [0.1, 0.15) is 16.8 Å². The Kier molecular flexibility index (Phi) is 5.45. The second-order valence-electron chi connectivity index (χ2n) is 2.52. The summed E-state index contributed by atoms with van der Waals surface area (Å²) in [6, 6.07) is 7.81. The zero-order valence-corrected chi connectivity index (χ0v) is 9.31. The van der Waals surface area contributed by atoms with E-state index < -0.39 is 0 Å². The van der Waals surface area contributed by atoms with Gasteiger partial charge in [-0.2, -0.15) is 0 Å². The lowest BCUT2D eigenvalue weighted by Crippen LogP contribution is -2.07. The van der Waals surface area contributed by atoms with E-state index in [9.17, 15) is 4.79 Å². The highest BCUT2D eigenvalue weighted by Gasteiger charge is 2.15. The number of Topliss-reactive ketones (excluding diaryl/α,β-unsaturated/α-hetero) is 1. The maximum absolute atomic E-state index is 11.3. The molecule has 0 spiro atoms. The van der Waals surface area contributed by atoms with E-state index in [-0.39, 0.29) is 24.8 Å². The molecule has 1 aromatic rings. The van der Waals surface area contributed by atoms with Crippen LogP contribution in [0, 0.1) is 0 Å². The first-order chi connectivity index (χ1) is 5.38. The Morgan fingerprint density at radius 2 is 1.85 bits per heavy atom. The standard InChI is InChI=1S/C9H8OS.2ClH/c10-8-5-6-11-9-4-2-1-3-7(8)9;;/h1-4H,5-6H2;2*1H. The Bertz CT molecular complexity index is 301. The Labute approximate surface area is 94.1 Å². The van der Waals surface area contributed by atoms with E-state index in [1.165, 1.54) is 0 Å². The molecule has 0 saturated heterocycles. The summed E-state index contributed by atoms with van der Waals surface area (Å²) < 4.78 is 0. The molecule has 1 aromatic carbocycles. The number of carbonyl (C=O) groups excluding carboxylic acids is 1. The fourth-order valence-corrected chi connectivity index (χ4v) is 2.23. The van der Waals surface area contributed by atoms with Gasteiger partial charge in [0.2, 0.25) is 0 Å². The van der Waals surface area contributed by atoms with Crippen LogP contribution in [0.5, 0.6) is 0 Å². The predicted molar refractivity (Wildman–Crippen MR) is 60.6 cm³/mol. The number of fused-ring (bicyclic) bond motifs is 1. The minimum Gasteiger partial charge on any atom is -0.294 e. The molecule has 0 amide bonds. The highest BCUT2D eigenvalue weighted by molar-refractivity contribution is 7.99. The molecule has 0 bridgehead atoms. The molecule has 4 heteroatoms. The fraction of sp³-hybridized carbons (Fsp3) is 0.222. The normalized spacial score (nSPS) is 13.7. The van der Waals surface area contributed by atoms with Crippen LogP contribution in [0.2, 0.25) is 0 Å². The van der Waals surface area contributed by atoms with E-state index in [1.54, 1.807) is 11.8 Å². The third-order valence-electron chi connectivity index (χ3n) is 1.77. The number of benzene rings is 1. The first kappa shape index (κ1) is 12.8. The van der Waals surface area contributed by atoms with Crippen molar-refractivity contribution in [1.29, 1.82) is 0 Å². The molecular formula is C9H10Cl2OS. The number of hydrogen-bond acceptors (Lipinski definition) is 2. The topological polar surface area (TPSA) is 17.1 Å². The molecular weight excluding hydrogens is 227 g/mol. The molecule has 72 valence electrons. The highest BCUT2D eigenvalue weighted by Crippen LogP contribution is 2.28. The molecule has 0 aromatic heterocycles. The number of thioether (sulfide) groups is 1. The minimum atomic E-state index is 0.